The molecule has 1 aromatic carbocycles. The molecule has 6 heteroatoms. The van der Waals surface area contributed by atoms with Crippen LogP contribution in [0.1, 0.15) is 43.2 Å². The number of fused-ring (bicyclic) bond motifs is 1. The van der Waals surface area contributed by atoms with Crippen molar-refractivity contribution < 1.29 is 13.2 Å². The third-order valence-electron chi connectivity index (χ3n) is 3.79. The smallest absolute Gasteiger partial charge is 0.259 e. The van der Waals surface area contributed by atoms with Gasteiger partial charge < -0.3 is 10.5 Å². The van der Waals surface area contributed by atoms with E-state index in [1.54, 1.807) is 6.07 Å². The molecule has 0 unspecified atom stereocenters. The minimum atomic E-state index is -3.49. The van der Waals surface area contributed by atoms with Crippen molar-refractivity contribution in [1.29, 1.82) is 0 Å². The van der Waals surface area contributed by atoms with Crippen LogP contribution in [0.4, 0.5) is 0 Å². The van der Waals surface area contributed by atoms with Crippen molar-refractivity contribution >= 4 is 15.9 Å². The molecule has 2 aliphatic rings. The lowest BCUT2D eigenvalue weighted by Gasteiger charge is -2.25. The van der Waals surface area contributed by atoms with Crippen molar-refractivity contribution in [3.05, 3.63) is 29.3 Å². The van der Waals surface area contributed by atoms with Crippen LogP contribution in [0.5, 0.6) is 5.75 Å². The Kier molecular flexibility index (Phi) is 3.41. The van der Waals surface area contributed by atoms with Crippen molar-refractivity contribution in [2.45, 2.75) is 44.0 Å². The van der Waals surface area contributed by atoms with Gasteiger partial charge in [-0.15, -0.1) is 4.40 Å². The molecular weight excluding hydrogens is 276 g/mol. The summed E-state index contributed by atoms with van der Waals surface area (Å²) in [7, 11) is -3.49. The molecule has 1 aromatic rings. The van der Waals surface area contributed by atoms with E-state index >= 15 is 0 Å². The summed E-state index contributed by atoms with van der Waals surface area (Å²) in [6.07, 6.45) is 5.89. The van der Waals surface area contributed by atoms with Crippen molar-refractivity contribution in [2.24, 2.45) is 10.1 Å². The van der Waals surface area contributed by atoms with E-state index in [-0.39, 0.29) is 17.7 Å². The van der Waals surface area contributed by atoms with Gasteiger partial charge in [-0.3, -0.25) is 0 Å². The highest BCUT2D eigenvalue weighted by Gasteiger charge is 2.26. The van der Waals surface area contributed by atoms with Crippen LogP contribution < -0.4 is 10.5 Å². The van der Waals surface area contributed by atoms with Gasteiger partial charge in [0.25, 0.3) is 10.0 Å². The number of nitrogens with two attached hydrogens (primary N) is 1. The number of rotatable bonds is 2. The molecule has 0 atom stereocenters. The molecule has 20 heavy (non-hydrogen) atoms. The highest BCUT2D eigenvalue weighted by Crippen LogP contribution is 2.31. The number of sulfonamides is 1. The van der Waals surface area contributed by atoms with E-state index in [1.807, 2.05) is 12.1 Å². The molecule has 0 radical (unpaired) electrons. The number of hydrogen-bond acceptors (Lipinski definition) is 4. The molecule has 0 amide bonds. The maximum Gasteiger partial charge on any atom is 0.259 e. The minimum absolute atomic E-state index is 0.0395. The largest absolute Gasteiger partial charge is 0.490 e. The molecular formula is C14H18N2O3S. The van der Waals surface area contributed by atoms with E-state index in [2.05, 4.69) is 4.40 Å². The third kappa shape index (κ3) is 2.65. The Balaban J connectivity index is 1.94. The maximum atomic E-state index is 11.6. The zero-order valence-corrected chi connectivity index (χ0v) is 12.0. The Morgan fingerprint density at radius 1 is 1.20 bits per heavy atom. The normalized spacial score (nSPS) is 21.9. The number of amidine groups is 1. The van der Waals surface area contributed by atoms with E-state index in [0.717, 1.165) is 12.8 Å². The molecule has 0 aromatic heterocycles. The van der Waals surface area contributed by atoms with Gasteiger partial charge in [0.15, 0.2) is 0 Å². The Labute approximate surface area is 118 Å². The molecule has 1 saturated carbocycles. The molecule has 0 saturated heterocycles. The third-order valence-corrected chi connectivity index (χ3v) is 4.94. The average molecular weight is 294 g/mol. The minimum Gasteiger partial charge on any atom is -0.490 e. The fraction of sp³-hybridized carbons (Fsp3) is 0.500. The Bertz CT molecular complexity index is 646. The van der Waals surface area contributed by atoms with Gasteiger partial charge in [-0.2, -0.15) is 0 Å². The highest BCUT2D eigenvalue weighted by atomic mass is 32.2. The number of hydrogen-bond donors (Lipinski definition) is 1. The number of ether oxygens (including phenoxy) is 1. The fourth-order valence-corrected chi connectivity index (χ4v) is 3.96. The second kappa shape index (κ2) is 5.09. The van der Waals surface area contributed by atoms with Crippen LogP contribution in [0.15, 0.2) is 22.6 Å². The standard InChI is InChI=1S/C14H18N2O3S/c15-14-13-10(9-20(17,18)16-14)5-4-8-12(13)19-11-6-2-1-3-7-11/h4-5,8,11H,1-3,6-7,9H2,(H2,15,16). The lowest BCUT2D eigenvalue weighted by Crippen LogP contribution is -2.27. The summed E-state index contributed by atoms with van der Waals surface area (Å²) >= 11 is 0. The fourth-order valence-electron chi connectivity index (χ4n) is 2.87. The first-order chi connectivity index (χ1) is 9.55. The van der Waals surface area contributed by atoms with Crippen LogP contribution in [-0.4, -0.2) is 20.4 Å². The van der Waals surface area contributed by atoms with Gasteiger partial charge in [0.1, 0.15) is 11.6 Å². The van der Waals surface area contributed by atoms with Crippen LogP contribution >= 0.6 is 0 Å². The van der Waals surface area contributed by atoms with E-state index in [4.69, 9.17) is 10.5 Å². The van der Waals surface area contributed by atoms with Crippen molar-refractivity contribution in [2.75, 3.05) is 0 Å². The topological polar surface area (TPSA) is 81.8 Å². The molecule has 2 N–H and O–H groups in total. The quantitative estimate of drug-likeness (QED) is 0.903. The number of nitrogens with zero attached hydrogens (tertiary/aromatic N) is 1. The summed E-state index contributed by atoms with van der Waals surface area (Å²) < 4.78 is 32.9. The summed E-state index contributed by atoms with van der Waals surface area (Å²) in [6, 6.07) is 5.42. The second-order valence-corrected chi connectivity index (χ2v) is 7.01. The Morgan fingerprint density at radius 2 is 1.95 bits per heavy atom. The molecule has 0 spiro atoms. The van der Waals surface area contributed by atoms with E-state index < -0.39 is 10.0 Å². The summed E-state index contributed by atoms with van der Waals surface area (Å²) in [5, 5.41) is 0. The van der Waals surface area contributed by atoms with Crippen LogP contribution in [-0.2, 0) is 15.8 Å². The molecule has 1 aliphatic carbocycles. The second-order valence-electron chi connectivity index (χ2n) is 5.37. The molecule has 5 nitrogen and oxygen atoms in total. The summed E-state index contributed by atoms with van der Waals surface area (Å²) in [5.41, 5.74) is 7.14. The predicted octanol–water partition coefficient (Wildman–Crippen LogP) is 1.95. The lowest BCUT2D eigenvalue weighted by atomic mass is 9.97. The Morgan fingerprint density at radius 3 is 2.70 bits per heavy atom. The first-order valence-corrected chi connectivity index (χ1v) is 8.53. The van der Waals surface area contributed by atoms with Crippen molar-refractivity contribution in [3.8, 4) is 5.75 Å². The molecule has 1 fully saturated rings. The van der Waals surface area contributed by atoms with Crippen molar-refractivity contribution in [1.82, 2.24) is 0 Å². The van der Waals surface area contributed by atoms with Gasteiger partial charge >= 0.3 is 0 Å². The molecule has 3 rings (SSSR count). The highest BCUT2D eigenvalue weighted by molar-refractivity contribution is 7.89. The molecule has 1 heterocycles. The number of benzene rings is 1. The SMILES string of the molecule is NC1=NS(=O)(=O)Cc2cccc(OC3CCCCC3)c21. The van der Waals surface area contributed by atoms with E-state index in [1.165, 1.54) is 19.3 Å². The average Bonchev–Trinajstić information content (AvgIpc) is 2.38. The lowest BCUT2D eigenvalue weighted by molar-refractivity contribution is 0.154. The van der Waals surface area contributed by atoms with Gasteiger partial charge in [-0.1, -0.05) is 18.6 Å². The van der Waals surface area contributed by atoms with Crippen molar-refractivity contribution in [3.63, 3.8) is 0 Å². The summed E-state index contributed by atoms with van der Waals surface area (Å²) in [5.74, 6) is 0.591. The van der Waals surface area contributed by atoms with Crippen LogP contribution in [0.25, 0.3) is 0 Å². The van der Waals surface area contributed by atoms with Crippen LogP contribution in [0.3, 0.4) is 0 Å². The predicted molar refractivity (Wildman–Crippen MR) is 77.3 cm³/mol. The van der Waals surface area contributed by atoms with Crippen LogP contribution in [0, 0.1) is 0 Å². The first-order valence-electron chi connectivity index (χ1n) is 6.92. The van der Waals surface area contributed by atoms with Gasteiger partial charge in [0, 0.05) is 0 Å². The van der Waals surface area contributed by atoms with Gasteiger partial charge in [0.05, 0.1) is 17.4 Å². The molecule has 0 bridgehead atoms. The van der Waals surface area contributed by atoms with Gasteiger partial charge in [-0.05, 0) is 37.3 Å². The molecule has 1 aliphatic heterocycles. The van der Waals surface area contributed by atoms with Gasteiger partial charge in [0.2, 0.25) is 0 Å². The zero-order valence-electron chi connectivity index (χ0n) is 11.2. The van der Waals surface area contributed by atoms with E-state index in [9.17, 15) is 8.42 Å². The van der Waals surface area contributed by atoms with Crippen LogP contribution in [0.2, 0.25) is 0 Å². The summed E-state index contributed by atoms with van der Waals surface area (Å²) in [6.45, 7) is 0. The Hall–Kier alpha value is -1.56. The van der Waals surface area contributed by atoms with Gasteiger partial charge in [-0.25, -0.2) is 8.42 Å². The zero-order chi connectivity index (χ0) is 14.2. The maximum absolute atomic E-state index is 11.6. The molecule has 108 valence electrons. The summed E-state index contributed by atoms with van der Waals surface area (Å²) in [4.78, 5) is 0. The van der Waals surface area contributed by atoms with E-state index in [0.29, 0.717) is 16.9 Å². The monoisotopic (exact) mass is 294 g/mol. The first kappa shape index (κ1) is 13.4.